The second-order valence-electron chi connectivity index (χ2n) is 29.1. The van der Waals surface area contributed by atoms with Gasteiger partial charge in [0, 0.05) is 38.6 Å². The van der Waals surface area contributed by atoms with Crippen molar-refractivity contribution >= 4 is 24.2 Å². The summed E-state index contributed by atoms with van der Waals surface area (Å²) in [5.41, 5.74) is 25.1. The smallest absolute Gasteiger partial charge is 0.399 e. The molecule has 1 saturated heterocycles. The normalized spacial score (nSPS) is 15.8. The van der Waals surface area contributed by atoms with Crippen molar-refractivity contribution in [1.29, 1.82) is 0 Å². The summed E-state index contributed by atoms with van der Waals surface area (Å²) in [6.45, 7) is 17.9. The molecule has 0 bridgehead atoms. The molecule has 19 rings (SSSR count). The molecular formula is C93H79BClFN6O2. The van der Waals surface area contributed by atoms with Crippen LogP contribution in [0.15, 0.2) is 303 Å². The van der Waals surface area contributed by atoms with Crippen LogP contribution in [0, 0.1) is 0 Å². The molecule has 1 aliphatic heterocycles. The minimum Gasteiger partial charge on any atom is -0.399 e. The van der Waals surface area contributed by atoms with Gasteiger partial charge in [-0.3, -0.25) is 4.70 Å². The highest BCUT2D eigenvalue weighted by Crippen LogP contribution is 2.65. The predicted octanol–water partition coefficient (Wildman–Crippen LogP) is 21.5. The second-order valence-corrected chi connectivity index (χ2v) is 29.5. The Bertz CT molecular complexity index is 5360. The average Bonchev–Trinajstić information content (AvgIpc) is 1.47. The van der Waals surface area contributed by atoms with E-state index in [-0.39, 0.29) is 28.2 Å². The van der Waals surface area contributed by atoms with E-state index in [2.05, 4.69) is 277 Å². The number of aromatic nitrogens is 6. The van der Waals surface area contributed by atoms with Gasteiger partial charge in [-0.05, 0) is 134 Å². The van der Waals surface area contributed by atoms with E-state index >= 15 is 0 Å². The van der Waals surface area contributed by atoms with Crippen molar-refractivity contribution in [1.82, 2.24) is 29.9 Å². The van der Waals surface area contributed by atoms with Gasteiger partial charge in [-0.2, -0.15) is 9.97 Å². The van der Waals surface area contributed by atoms with Gasteiger partial charge >= 0.3 is 7.12 Å². The van der Waals surface area contributed by atoms with Crippen LogP contribution >= 0.6 is 11.6 Å². The van der Waals surface area contributed by atoms with Crippen LogP contribution in [-0.4, -0.2) is 48.2 Å². The maximum absolute atomic E-state index is 6.62. The maximum Gasteiger partial charge on any atom is 0.495 e. The molecule has 12 aromatic carbocycles. The lowest BCUT2D eigenvalue weighted by Crippen LogP contribution is -2.41. The van der Waals surface area contributed by atoms with Gasteiger partial charge in [-0.25, -0.2) is 19.9 Å². The molecule has 11 heteroatoms. The summed E-state index contributed by atoms with van der Waals surface area (Å²) in [6.07, 6.45) is 0. The monoisotopic (exact) mass is 1380 g/mol. The number of fused-ring (bicyclic) bond motifs is 18. The number of rotatable bonds is 6. The van der Waals surface area contributed by atoms with Crippen LogP contribution in [0.1, 0.15) is 130 Å². The molecule has 2 spiro atoms. The third kappa shape index (κ3) is 10.7. The van der Waals surface area contributed by atoms with E-state index in [9.17, 15) is 0 Å². The molecule has 0 N–H and O–H groups in total. The maximum atomic E-state index is 6.62. The van der Waals surface area contributed by atoms with E-state index < -0.39 is 29.2 Å². The fraction of sp³-hybridized carbons (Fsp3) is 0.161. The van der Waals surface area contributed by atoms with E-state index in [1.165, 1.54) is 89.0 Å². The molecule has 8 nitrogen and oxygen atoms in total. The van der Waals surface area contributed by atoms with Crippen LogP contribution in [0.3, 0.4) is 0 Å². The zero-order valence-corrected chi connectivity index (χ0v) is 59.5. The number of halogens is 2. The van der Waals surface area contributed by atoms with Crippen molar-refractivity contribution in [3.8, 4) is 79.2 Å². The molecule has 4 aliphatic carbocycles. The summed E-state index contributed by atoms with van der Waals surface area (Å²) < 4.78 is 13.2. The zero-order chi connectivity index (χ0) is 69.8. The van der Waals surface area contributed by atoms with Crippen LogP contribution in [0.4, 0.5) is 4.70 Å². The Morgan fingerprint density at radius 1 is 0.260 bits per heavy atom. The lowest BCUT2D eigenvalue weighted by molar-refractivity contribution is 0.00578. The van der Waals surface area contributed by atoms with Crippen molar-refractivity contribution in [3.05, 3.63) is 375 Å². The SMILES string of the molecule is C.CC1(C)c2ccccc2C2(c3ccccc3-c3c(-c4nc(-c5ccccc5)nc(-c5ccccc5)n4)cccc32)c2ccccc21.CC1(C)c2ccccc2C2(c3ccccc3-c3c(B4OC(C)(C)C(C)(C)O4)cccc32)c2ccccc21.Clc1nc(-c2ccccc2)nc(-c2ccccc2)n1.F. The Balaban J connectivity index is 0.000000134. The second kappa shape index (κ2) is 26.3. The first-order valence-corrected chi connectivity index (χ1v) is 35.5. The van der Waals surface area contributed by atoms with Gasteiger partial charge in [0.05, 0.1) is 22.0 Å². The van der Waals surface area contributed by atoms with E-state index in [0.29, 0.717) is 29.1 Å². The van der Waals surface area contributed by atoms with Gasteiger partial charge in [-0.1, -0.05) is 338 Å². The lowest BCUT2D eigenvalue weighted by Gasteiger charge is -2.46. The predicted molar refractivity (Wildman–Crippen MR) is 422 cm³/mol. The van der Waals surface area contributed by atoms with E-state index in [1.54, 1.807) is 0 Å². The van der Waals surface area contributed by atoms with Crippen molar-refractivity contribution in [3.63, 3.8) is 0 Å². The summed E-state index contributed by atoms with van der Waals surface area (Å²) in [4.78, 5) is 28.1. The number of nitrogens with zero attached hydrogens (tertiary/aromatic N) is 6. The first-order valence-electron chi connectivity index (χ1n) is 35.1. The van der Waals surface area contributed by atoms with Crippen molar-refractivity contribution < 1.29 is 14.0 Å². The van der Waals surface area contributed by atoms with Crippen LogP contribution in [0.2, 0.25) is 5.28 Å². The minimum atomic E-state index is -0.470. The van der Waals surface area contributed by atoms with Gasteiger partial charge in [0.15, 0.2) is 29.1 Å². The van der Waals surface area contributed by atoms with E-state index in [0.717, 1.165) is 33.3 Å². The molecule has 104 heavy (non-hydrogen) atoms. The lowest BCUT2D eigenvalue weighted by atomic mass is 9.55. The van der Waals surface area contributed by atoms with Crippen molar-refractivity contribution in [2.75, 3.05) is 0 Å². The van der Waals surface area contributed by atoms with Gasteiger partial charge in [0.25, 0.3) is 0 Å². The Kier molecular flexibility index (Phi) is 17.3. The van der Waals surface area contributed by atoms with Crippen molar-refractivity contribution in [2.45, 2.75) is 95.7 Å². The topological polar surface area (TPSA) is 95.8 Å². The molecule has 0 unspecified atom stereocenters. The molecule has 0 atom stereocenters. The molecular weight excluding hydrogens is 1300 g/mol. The van der Waals surface area contributed by atoms with Crippen LogP contribution in [-0.2, 0) is 31.0 Å². The summed E-state index contributed by atoms with van der Waals surface area (Å²) in [7, 11) is -0.423. The van der Waals surface area contributed by atoms with Gasteiger partial charge in [0.1, 0.15) is 0 Å². The van der Waals surface area contributed by atoms with E-state index in [4.69, 9.17) is 35.9 Å². The third-order valence-corrected chi connectivity index (χ3v) is 22.5. The van der Waals surface area contributed by atoms with Gasteiger partial charge in [0.2, 0.25) is 5.28 Å². The summed E-state index contributed by atoms with van der Waals surface area (Å²) >= 11 is 5.99. The first-order chi connectivity index (χ1) is 49.5. The molecule has 510 valence electrons. The Morgan fingerprint density at radius 3 is 0.885 bits per heavy atom. The standard InChI is InChI=1S/C43H31N3.C34H33BO2.C15H10ClN3.CH4.FH/c1-42(2)33-23-11-13-25-35(33)43(36-26-14-12-24-34(36)42)32-22-10-9-20-30(32)38-31(21-15-27-37(38)43)41-45-39(28-16-5-3-6-17-28)44-40(46-41)29-18-7-4-8-19-29;1-31(2)24-16-9-11-18-26(24)34(27-19-12-10-17-25(27)31)23-15-8-7-14-22(23)30-28(34)20-13-21-29(30)35-36-32(3,4)33(5,6)37-35;16-15-18-13(11-7-3-1-4-8-11)17-14(19-15)12-9-5-2-6-10-12;;/h3-27H,1-2H3;7-21H,1-6H3;1-10H;1H4;1H. The molecule has 3 heterocycles. The van der Waals surface area contributed by atoms with Crippen LogP contribution in [0.5, 0.6) is 0 Å². The first kappa shape index (κ1) is 68.6. The Labute approximate surface area is 614 Å². The summed E-state index contributed by atoms with van der Waals surface area (Å²) in [6, 6.07) is 107. The van der Waals surface area contributed by atoms with E-state index in [1.807, 2.05) is 97.1 Å². The van der Waals surface area contributed by atoms with Crippen LogP contribution in [0.25, 0.3) is 79.2 Å². The number of hydrogen-bond donors (Lipinski definition) is 0. The highest BCUT2D eigenvalue weighted by atomic mass is 35.5. The molecule has 2 aromatic heterocycles. The fourth-order valence-electron chi connectivity index (χ4n) is 16.9. The summed E-state index contributed by atoms with van der Waals surface area (Å²) in [5, 5.41) is 0.202. The highest BCUT2D eigenvalue weighted by Gasteiger charge is 2.58. The fourth-order valence-corrected chi connectivity index (χ4v) is 17.1. The van der Waals surface area contributed by atoms with Crippen molar-refractivity contribution in [2.24, 2.45) is 0 Å². The minimum absolute atomic E-state index is 0. The van der Waals surface area contributed by atoms with Gasteiger partial charge in [-0.15, -0.1) is 0 Å². The highest BCUT2D eigenvalue weighted by molar-refractivity contribution is 6.64. The average molecular weight is 1380 g/mol. The molecule has 14 aromatic rings. The van der Waals surface area contributed by atoms with Crippen LogP contribution < -0.4 is 5.46 Å². The molecule has 0 saturated carbocycles. The molecule has 0 amide bonds. The quantitative estimate of drug-likeness (QED) is 0.152. The molecule has 5 aliphatic rings. The summed E-state index contributed by atoms with van der Waals surface area (Å²) in [5.74, 6) is 3.17. The molecule has 1 fully saturated rings. The molecule has 0 radical (unpaired) electrons. The Morgan fingerprint density at radius 2 is 0.519 bits per heavy atom. The number of benzene rings is 12. The third-order valence-electron chi connectivity index (χ3n) is 22.3. The largest absolute Gasteiger partial charge is 0.495 e. The number of hydrogen-bond acceptors (Lipinski definition) is 8. The van der Waals surface area contributed by atoms with Gasteiger partial charge < -0.3 is 9.31 Å². The Hall–Kier alpha value is -11.1. The zero-order valence-electron chi connectivity index (χ0n) is 58.7.